The molecule has 1 fully saturated rings. The number of piperidine rings is 1. The molecule has 1 aromatic rings. The van der Waals surface area contributed by atoms with E-state index >= 15 is 0 Å². The molecule has 0 saturated carbocycles. The first-order valence-electron chi connectivity index (χ1n) is 6.68. The molecule has 118 valence electrons. The van der Waals surface area contributed by atoms with E-state index < -0.39 is 24.0 Å². The molecule has 1 heterocycles. The van der Waals surface area contributed by atoms with Crippen LogP contribution in [0.3, 0.4) is 0 Å². The minimum Gasteiger partial charge on any atom is -0.383 e. The van der Waals surface area contributed by atoms with Crippen LogP contribution in [0.15, 0.2) is 18.2 Å². The van der Waals surface area contributed by atoms with Crippen molar-refractivity contribution in [2.45, 2.75) is 31.7 Å². The Morgan fingerprint density at radius 2 is 1.90 bits per heavy atom. The van der Waals surface area contributed by atoms with E-state index in [0.717, 1.165) is 5.56 Å². The summed E-state index contributed by atoms with van der Waals surface area (Å²) in [5, 5.41) is 9.29. The second kappa shape index (κ2) is 6.50. The van der Waals surface area contributed by atoms with Gasteiger partial charge in [0.15, 0.2) is 6.10 Å². The van der Waals surface area contributed by atoms with Crippen LogP contribution in [0.2, 0.25) is 5.02 Å². The van der Waals surface area contributed by atoms with E-state index in [-0.39, 0.29) is 17.9 Å². The number of likely N-dealkylation sites (tertiary alicyclic amines) is 1. The van der Waals surface area contributed by atoms with Crippen LogP contribution in [0.5, 0.6) is 0 Å². The Labute approximate surface area is 125 Å². The van der Waals surface area contributed by atoms with Gasteiger partial charge in [0.2, 0.25) is 0 Å². The Morgan fingerprint density at radius 3 is 2.43 bits per heavy atom. The maximum atomic E-state index is 13.3. The molecule has 0 aliphatic carbocycles. The molecule has 1 saturated heterocycles. The van der Waals surface area contributed by atoms with Gasteiger partial charge in [0.05, 0.1) is 5.02 Å². The fraction of sp³-hybridized carbons (Fsp3) is 0.571. The molecule has 1 aliphatic heterocycles. The third-order valence-corrected chi connectivity index (χ3v) is 4.11. The standard InChI is InChI=1S/C14H16ClF4NO/c15-11-2-1-9(7-12(11)16)8-20-5-3-10(4-6-20)13(21)14(17,18)19/h1-2,7,10,13,21H,3-6,8H2. The molecule has 21 heavy (non-hydrogen) atoms. The van der Waals surface area contributed by atoms with Gasteiger partial charge in [0.25, 0.3) is 0 Å². The predicted molar refractivity (Wildman–Crippen MR) is 71.5 cm³/mol. The molecule has 0 bridgehead atoms. The van der Waals surface area contributed by atoms with Crippen LogP contribution in [0.1, 0.15) is 18.4 Å². The fourth-order valence-electron chi connectivity index (χ4n) is 2.59. The van der Waals surface area contributed by atoms with Crippen LogP contribution >= 0.6 is 11.6 Å². The van der Waals surface area contributed by atoms with E-state index in [2.05, 4.69) is 0 Å². The summed E-state index contributed by atoms with van der Waals surface area (Å²) in [6, 6.07) is 4.49. The van der Waals surface area contributed by atoms with Crippen molar-refractivity contribution in [3.05, 3.63) is 34.6 Å². The number of nitrogens with zero attached hydrogens (tertiary/aromatic N) is 1. The Bertz CT molecular complexity index is 486. The molecule has 7 heteroatoms. The fourth-order valence-corrected chi connectivity index (χ4v) is 2.71. The zero-order chi connectivity index (χ0) is 15.6. The Balaban J connectivity index is 1.88. The molecule has 0 aromatic heterocycles. The molecule has 1 aromatic carbocycles. The van der Waals surface area contributed by atoms with Gasteiger partial charge in [0, 0.05) is 6.54 Å². The number of benzene rings is 1. The van der Waals surface area contributed by atoms with Crippen molar-refractivity contribution in [3.8, 4) is 0 Å². The van der Waals surface area contributed by atoms with Crippen LogP contribution in [-0.2, 0) is 6.54 Å². The first kappa shape index (κ1) is 16.5. The van der Waals surface area contributed by atoms with Crippen LogP contribution in [0.25, 0.3) is 0 Å². The highest BCUT2D eigenvalue weighted by Gasteiger charge is 2.44. The molecule has 1 N–H and O–H groups in total. The summed E-state index contributed by atoms with van der Waals surface area (Å²) in [6.45, 7) is 1.35. The summed E-state index contributed by atoms with van der Waals surface area (Å²) in [6.07, 6.45) is -6.27. The summed E-state index contributed by atoms with van der Waals surface area (Å²) in [5.41, 5.74) is 0.728. The number of hydrogen-bond donors (Lipinski definition) is 1. The third kappa shape index (κ3) is 4.31. The summed E-state index contributed by atoms with van der Waals surface area (Å²) >= 11 is 5.60. The minimum atomic E-state index is -4.56. The first-order chi connectivity index (χ1) is 9.77. The zero-order valence-electron chi connectivity index (χ0n) is 11.2. The molecule has 2 nitrogen and oxygen atoms in total. The quantitative estimate of drug-likeness (QED) is 0.858. The molecule has 1 aliphatic rings. The molecular weight excluding hydrogens is 310 g/mol. The number of rotatable bonds is 3. The average Bonchev–Trinajstić information content (AvgIpc) is 2.42. The van der Waals surface area contributed by atoms with Gasteiger partial charge in [0.1, 0.15) is 5.82 Å². The molecule has 0 spiro atoms. The lowest BCUT2D eigenvalue weighted by Gasteiger charge is -2.34. The maximum Gasteiger partial charge on any atom is 0.414 e. The lowest BCUT2D eigenvalue weighted by atomic mass is 9.90. The van der Waals surface area contributed by atoms with E-state index in [1.54, 1.807) is 6.07 Å². The molecule has 0 radical (unpaired) electrons. The van der Waals surface area contributed by atoms with Crippen molar-refractivity contribution < 1.29 is 22.7 Å². The van der Waals surface area contributed by atoms with Gasteiger partial charge in [-0.2, -0.15) is 13.2 Å². The lowest BCUT2D eigenvalue weighted by molar-refractivity contribution is -0.223. The summed E-state index contributed by atoms with van der Waals surface area (Å²) in [7, 11) is 0. The zero-order valence-corrected chi connectivity index (χ0v) is 12.0. The molecule has 0 amide bonds. The van der Waals surface area contributed by atoms with Gasteiger partial charge in [-0.3, -0.25) is 4.90 Å². The summed E-state index contributed by atoms with van der Waals surface area (Å²) < 4.78 is 50.7. The monoisotopic (exact) mass is 325 g/mol. The van der Waals surface area contributed by atoms with Crippen molar-refractivity contribution in [3.63, 3.8) is 0 Å². The van der Waals surface area contributed by atoms with E-state index in [0.29, 0.717) is 19.6 Å². The van der Waals surface area contributed by atoms with Crippen molar-refractivity contribution >= 4 is 11.6 Å². The lowest BCUT2D eigenvalue weighted by Crippen LogP contribution is -2.43. The van der Waals surface area contributed by atoms with Gasteiger partial charge < -0.3 is 5.11 Å². The molecular formula is C14H16ClF4NO. The highest BCUT2D eigenvalue weighted by atomic mass is 35.5. The van der Waals surface area contributed by atoms with E-state index in [1.807, 2.05) is 4.90 Å². The minimum absolute atomic E-state index is 0.0470. The summed E-state index contributed by atoms with van der Waals surface area (Å²) in [4.78, 5) is 1.95. The second-order valence-electron chi connectivity index (χ2n) is 5.35. The summed E-state index contributed by atoms with van der Waals surface area (Å²) in [5.74, 6) is -1.26. The Kier molecular flexibility index (Phi) is 5.11. The molecule has 1 unspecified atom stereocenters. The first-order valence-corrected chi connectivity index (χ1v) is 7.06. The van der Waals surface area contributed by atoms with Crippen LogP contribution in [0, 0.1) is 11.7 Å². The van der Waals surface area contributed by atoms with Gasteiger partial charge in [-0.05, 0) is 49.5 Å². The van der Waals surface area contributed by atoms with Gasteiger partial charge in [-0.15, -0.1) is 0 Å². The van der Waals surface area contributed by atoms with E-state index in [9.17, 15) is 22.7 Å². The smallest absolute Gasteiger partial charge is 0.383 e. The van der Waals surface area contributed by atoms with Crippen LogP contribution in [-0.4, -0.2) is 35.4 Å². The van der Waals surface area contributed by atoms with Crippen molar-refractivity contribution in [2.24, 2.45) is 5.92 Å². The topological polar surface area (TPSA) is 23.5 Å². The van der Waals surface area contributed by atoms with Crippen molar-refractivity contribution in [1.82, 2.24) is 4.90 Å². The Hall–Kier alpha value is -0.850. The molecule has 1 atom stereocenters. The maximum absolute atomic E-state index is 13.3. The largest absolute Gasteiger partial charge is 0.414 e. The van der Waals surface area contributed by atoms with Crippen molar-refractivity contribution in [2.75, 3.05) is 13.1 Å². The number of aliphatic hydroxyl groups excluding tert-OH is 1. The normalized spacial score (nSPS) is 19.7. The van der Waals surface area contributed by atoms with Crippen molar-refractivity contribution in [1.29, 1.82) is 0 Å². The number of halogens is 5. The van der Waals surface area contributed by atoms with E-state index in [4.69, 9.17) is 11.6 Å². The number of aliphatic hydroxyl groups is 1. The second-order valence-corrected chi connectivity index (χ2v) is 5.76. The highest BCUT2D eigenvalue weighted by Crippen LogP contribution is 2.32. The average molecular weight is 326 g/mol. The van der Waals surface area contributed by atoms with Crippen LogP contribution < -0.4 is 0 Å². The molecule has 2 rings (SSSR count). The van der Waals surface area contributed by atoms with Gasteiger partial charge >= 0.3 is 6.18 Å². The highest BCUT2D eigenvalue weighted by molar-refractivity contribution is 6.30. The number of hydrogen-bond acceptors (Lipinski definition) is 2. The van der Waals surface area contributed by atoms with Crippen LogP contribution in [0.4, 0.5) is 17.6 Å². The van der Waals surface area contributed by atoms with Gasteiger partial charge in [-0.25, -0.2) is 4.39 Å². The number of alkyl halides is 3. The predicted octanol–water partition coefficient (Wildman–Crippen LogP) is 3.61. The van der Waals surface area contributed by atoms with Gasteiger partial charge in [-0.1, -0.05) is 17.7 Å². The van der Waals surface area contributed by atoms with E-state index in [1.165, 1.54) is 12.1 Å². The Morgan fingerprint density at radius 1 is 1.29 bits per heavy atom. The third-order valence-electron chi connectivity index (χ3n) is 3.80. The SMILES string of the molecule is OC(C1CCN(Cc2ccc(Cl)c(F)c2)CC1)C(F)(F)F.